The third-order valence-corrected chi connectivity index (χ3v) is 1.75. The van der Waals surface area contributed by atoms with Gasteiger partial charge in [-0.25, -0.2) is 4.39 Å². The number of nitro groups is 1. The van der Waals surface area contributed by atoms with E-state index in [0.717, 1.165) is 6.07 Å². The molecule has 0 unspecified atom stereocenters. The molecule has 0 spiro atoms. The molecule has 0 bridgehead atoms. The highest BCUT2D eigenvalue weighted by atomic mass is 19.1. The van der Waals surface area contributed by atoms with Crippen molar-refractivity contribution in [1.82, 2.24) is 0 Å². The van der Waals surface area contributed by atoms with Crippen LogP contribution in [0.5, 0.6) is 0 Å². The van der Waals surface area contributed by atoms with Crippen LogP contribution in [0.15, 0.2) is 18.2 Å². The highest BCUT2D eigenvalue weighted by molar-refractivity contribution is 5.50. The smallest absolute Gasteiger partial charge is 0.272 e. The van der Waals surface area contributed by atoms with Crippen molar-refractivity contribution in [2.24, 2.45) is 0 Å². The molecule has 4 nitrogen and oxygen atoms in total. The van der Waals surface area contributed by atoms with Gasteiger partial charge in [0.15, 0.2) is 5.82 Å². The van der Waals surface area contributed by atoms with Gasteiger partial charge in [-0.2, -0.15) is 0 Å². The van der Waals surface area contributed by atoms with Crippen LogP contribution < -0.4 is 5.32 Å². The molecule has 0 radical (unpaired) electrons. The second-order valence-corrected chi connectivity index (χ2v) is 2.80. The number of benzene rings is 1. The van der Waals surface area contributed by atoms with E-state index < -0.39 is 10.7 Å². The van der Waals surface area contributed by atoms with Crippen molar-refractivity contribution < 1.29 is 9.31 Å². The van der Waals surface area contributed by atoms with Gasteiger partial charge in [0.05, 0.1) is 16.7 Å². The Balaban J connectivity index is 2.76. The normalized spacial score (nSPS) is 9.33. The van der Waals surface area contributed by atoms with Gasteiger partial charge in [0, 0.05) is 19.0 Å². The molecule has 0 aliphatic rings. The minimum absolute atomic E-state index is 0.218. The molecule has 15 heavy (non-hydrogen) atoms. The molecular weight excluding hydrogens is 199 g/mol. The van der Waals surface area contributed by atoms with Crippen molar-refractivity contribution in [3.63, 3.8) is 0 Å². The van der Waals surface area contributed by atoms with Gasteiger partial charge in [-0.05, 0) is 6.07 Å². The van der Waals surface area contributed by atoms with Crippen molar-refractivity contribution in [3.8, 4) is 12.3 Å². The Kier molecular flexibility index (Phi) is 3.63. The van der Waals surface area contributed by atoms with Crippen molar-refractivity contribution in [2.75, 3.05) is 11.9 Å². The highest BCUT2D eigenvalue weighted by Gasteiger charge is 2.09. The Hall–Kier alpha value is -2.09. The van der Waals surface area contributed by atoms with E-state index in [-0.39, 0.29) is 11.4 Å². The van der Waals surface area contributed by atoms with Crippen molar-refractivity contribution in [2.45, 2.75) is 6.42 Å². The first-order valence-electron chi connectivity index (χ1n) is 4.26. The summed E-state index contributed by atoms with van der Waals surface area (Å²) in [6, 6.07) is 3.43. The lowest BCUT2D eigenvalue weighted by Gasteiger charge is -2.04. The van der Waals surface area contributed by atoms with Crippen LogP contribution in [-0.4, -0.2) is 11.5 Å². The van der Waals surface area contributed by atoms with Crippen molar-refractivity contribution >= 4 is 11.4 Å². The summed E-state index contributed by atoms with van der Waals surface area (Å²) in [6.45, 7) is 0.436. The maximum Gasteiger partial charge on any atom is 0.272 e. The average Bonchev–Trinajstić information content (AvgIpc) is 2.20. The van der Waals surface area contributed by atoms with Gasteiger partial charge in [0.1, 0.15) is 0 Å². The fraction of sp³-hybridized carbons (Fsp3) is 0.200. The summed E-state index contributed by atoms with van der Waals surface area (Å²) in [5.41, 5.74) is -0.0501. The number of rotatable bonds is 4. The fourth-order valence-electron chi connectivity index (χ4n) is 1.03. The Morgan fingerprint density at radius 1 is 1.60 bits per heavy atom. The lowest BCUT2D eigenvalue weighted by Crippen LogP contribution is -2.02. The third-order valence-electron chi connectivity index (χ3n) is 1.75. The standard InChI is InChI=1S/C10H9FN2O2/c1-2-3-6-12-10-5-4-8(13(14)15)7-9(10)11/h1,4-5,7,12H,3,6H2. The molecule has 1 N–H and O–H groups in total. The molecule has 0 heterocycles. The summed E-state index contributed by atoms with van der Waals surface area (Å²) >= 11 is 0. The first-order chi connectivity index (χ1) is 7.15. The van der Waals surface area contributed by atoms with Crippen molar-refractivity contribution in [1.29, 1.82) is 0 Å². The number of non-ortho nitro benzene ring substituents is 1. The number of terminal acetylenes is 1. The monoisotopic (exact) mass is 208 g/mol. The number of hydrogen-bond donors (Lipinski definition) is 1. The molecule has 0 fully saturated rings. The van der Waals surface area contributed by atoms with E-state index in [4.69, 9.17) is 6.42 Å². The zero-order valence-electron chi connectivity index (χ0n) is 7.87. The molecule has 0 saturated heterocycles. The van der Waals surface area contributed by atoms with Gasteiger partial charge >= 0.3 is 0 Å². The van der Waals surface area contributed by atoms with E-state index in [1.807, 2.05) is 0 Å². The van der Waals surface area contributed by atoms with Crippen molar-refractivity contribution in [3.05, 3.63) is 34.1 Å². The van der Waals surface area contributed by atoms with E-state index >= 15 is 0 Å². The zero-order valence-corrected chi connectivity index (χ0v) is 7.87. The van der Waals surface area contributed by atoms with E-state index in [0.29, 0.717) is 13.0 Å². The summed E-state index contributed by atoms with van der Waals surface area (Å²) < 4.78 is 13.2. The third kappa shape index (κ3) is 2.95. The van der Waals surface area contributed by atoms with Gasteiger partial charge in [-0.1, -0.05) is 0 Å². The summed E-state index contributed by atoms with van der Waals surface area (Å²) in [5, 5.41) is 13.1. The summed E-state index contributed by atoms with van der Waals surface area (Å²) in [4.78, 5) is 9.67. The number of nitro benzene ring substituents is 1. The Morgan fingerprint density at radius 2 is 2.33 bits per heavy atom. The maximum absolute atomic E-state index is 13.2. The number of nitrogens with one attached hydrogen (secondary N) is 1. The van der Waals surface area contributed by atoms with Crippen LogP contribution in [0.2, 0.25) is 0 Å². The topological polar surface area (TPSA) is 55.2 Å². The van der Waals surface area contributed by atoms with E-state index in [2.05, 4.69) is 11.2 Å². The van der Waals surface area contributed by atoms with Crippen LogP contribution in [0.25, 0.3) is 0 Å². The van der Waals surface area contributed by atoms with Crippen LogP contribution in [0, 0.1) is 28.3 Å². The molecule has 1 rings (SSSR count). The fourth-order valence-corrected chi connectivity index (χ4v) is 1.03. The molecule has 0 aliphatic carbocycles. The number of halogens is 1. The van der Waals surface area contributed by atoms with Crippen LogP contribution >= 0.6 is 0 Å². The number of hydrogen-bond acceptors (Lipinski definition) is 3. The predicted molar refractivity (Wildman–Crippen MR) is 55.0 cm³/mol. The zero-order chi connectivity index (χ0) is 11.3. The minimum Gasteiger partial charge on any atom is -0.382 e. The molecule has 0 aliphatic heterocycles. The number of nitrogens with zero attached hydrogens (tertiary/aromatic N) is 1. The molecule has 5 heteroatoms. The van der Waals surface area contributed by atoms with Gasteiger partial charge in [-0.15, -0.1) is 12.3 Å². The average molecular weight is 208 g/mol. The second kappa shape index (κ2) is 4.96. The van der Waals surface area contributed by atoms with E-state index in [1.165, 1.54) is 12.1 Å². The Bertz CT molecular complexity index is 412. The SMILES string of the molecule is C#CCCNc1ccc([N+](=O)[O-])cc1F. The predicted octanol–water partition coefficient (Wildman–Crippen LogP) is 2.17. The maximum atomic E-state index is 13.2. The summed E-state index contributed by atoms with van der Waals surface area (Å²) in [6.07, 6.45) is 5.49. The molecule has 0 atom stereocenters. The number of anilines is 1. The lowest BCUT2D eigenvalue weighted by atomic mass is 10.2. The van der Waals surface area contributed by atoms with Gasteiger partial charge in [0.2, 0.25) is 0 Å². The first kappa shape index (κ1) is 11.0. The molecule has 0 saturated carbocycles. The quantitative estimate of drug-likeness (QED) is 0.357. The highest BCUT2D eigenvalue weighted by Crippen LogP contribution is 2.20. The van der Waals surface area contributed by atoms with E-state index in [1.54, 1.807) is 0 Å². The second-order valence-electron chi connectivity index (χ2n) is 2.80. The molecule has 1 aromatic rings. The molecular formula is C10H9FN2O2. The van der Waals surface area contributed by atoms with Crippen LogP contribution in [0.3, 0.4) is 0 Å². The molecule has 0 aromatic heterocycles. The summed E-state index contributed by atoms with van der Waals surface area (Å²) in [5.74, 6) is 1.74. The molecule has 1 aromatic carbocycles. The van der Waals surface area contributed by atoms with Crippen LogP contribution in [0.4, 0.5) is 15.8 Å². The van der Waals surface area contributed by atoms with Crippen LogP contribution in [0.1, 0.15) is 6.42 Å². The summed E-state index contributed by atoms with van der Waals surface area (Å²) in [7, 11) is 0. The lowest BCUT2D eigenvalue weighted by molar-refractivity contribution is -0.385. The van der Waals surface area contributed by atoms with Crippen LogP contribution in [-0.2, 0) is 0 Å². The van der Waals surface area contributed by atoms with Gasteiger partial charge in [-0.3, -0.25) is 10.1 Å². The Labute approximate surface area is 86.3 Å². The Morgan fingerprint density at radius 3 is 2.87 bits per heavy atom. The van der Waals surface area contributed by atoms with Gasteiger partial charge < -0.3 is 5.32 Å². The molecule has 78 valence electrons. The van der Waals surface area contributed by atoms with Gasteiger partial charge in [0.25, 0.3) is 5.69 Å². The van der Waals surface area contributed by atoms with E-state index in [9.17, 15) is 14.5 Å². The minimum atomic E-state index is -0.652. The first-order valence-corrected chi connectivity index (χ1v) is 4.26. The largest absolute Gasteiger partial charge is 0.382 e. The molecule has 0 amide bonds.